The minimum absolute atomic E-state index is 0.0366. The maximum Gasteiger partial charge on any atom is 0.262 e. The molecule has 3 aromatic rings. The van der Waals surface area contributed by atoms with E-state index in [1.807, 2.05) is 0 Å². The van der Waals surface area contributed by atoms with E-state index in [0.717, 1.165) is 32.3 Å². The average molecular weight is 527 g/mol. The standard InChI is InChI=1S/C26H30N4O6S/c31-23(27-13-18-4-1-9-34-18)16-37-26-29-22-12-17(24(32)28-14-19-5-2-10-35-19)7-8-21(22)25(33)30(26)15-20-6-3-11-36-20/h1,4,7-9,12,19-20H,2-3,5-6,10-11,13-16H2,(H,27,31)(H,28,32)/t19-,20-/m1/s1. The minimum atomic E-state index is -0.241. The molecule has 2 aromatic heterocycles. The molecule has 0 radical (unpaired) electrons. The van der Waals surface area contributed by atoms with E-state index in [-0.39, 0.29) is 41.9 Å². The number of nitrogens with zero attached hydrogens (tertiary/aromatic N) is 2. The molecule has 2 fully saturated rings. The highest BCUT2D eigenvalue weighted by Crippen LogP contribution is 2.22. The van der Waals surface area contributed by atoms with Crippen molar-refractivity contribution in [3.8, 4) is 0 Å². The van der Waals surface area contributed by atoms with Crippen molar-refractivity contribution in [2.45, 2.75) is 56.1 Å². The van der Waals surface area contributed by atoms with Gasteiger partial charge in [0.25, 0.3) is 11.5 Å². The molecule has 4 heterocycles. The number of thioether (sulfide) groups is 1. The first-order chi connectivity index (χ1) is 18.1. The van der Waals surface area contributed by atoms with Crippen molar-refractivity contribution in [3.63, 3.8) is 0 Å². The number of fused-ring (bicyclic) bond motifs is 1. The summed E-state index contributed by atoms with van der Waals surface area (Å²) in [5.74, 6) is 0.282. The number of hydrogen-bond donors (Lipinski definition) is 2. The fourth-order valence-electron chi connectivity index (χ4n) is 4.50. The smallest absolute Gasteiger partial charge is 0.262 e. The first-order valence-electron chi connectivity index (χ1n) is 12.5. The van der Waals surface area contributed by atoms with E-state index < -0.39 is 0 Å². The summed E-state index contributed by atoms with van der Waals surface area (Å²) in [5.41, 5.74) is 0.614. The number of aromatic nitrogens is 2. The molecule has 2 atom stereocenters. The van der Waals surface area contributed by atoms with E-state index >= 15 is 0 Å². The van der Waals surface area contributed by atoms with Crippen LogP contribution in [0.15, 0.2) is 51.0 Å². The lowest BCUT2D eigenvalue weighted by atomic mass is 10.1. The van der Waals surface area contributed by atoms with Crippen LogP contribution in [0, 0.1) is 0 Å². The molecule has 0 saturated carbocycles. The zero-order valence-corrected chi connectivity index (χ0v) is 21.3. The summed E-state index contributed by atoms with van der Waals surface area (Å²) in [6.07, 6.45) is 5.25. The third-order valence-electron chi connectivity index (χ3n) is 6.48. The van der Waals surface area contributed by atoms with E-state index in [2.05, 4.69) is 10.6 Å². The molecule has 0 bridgehead atoms. The molecule has 0 unspecified atom stereocenters. The fourth-order valence-corrected chi connectivity index (χ4v) is 5.34. The Balaban J connectivity index is 1.35. The maximum atomic E-state index is 13.5. The topological polar surface area (TPSA) is 125 Å². The molecule has 2 aliphatic heterocycles. The van der Waals surface area contributed by atoms with Crippen molar-refractivity contribution in [1.29, 1.82) is 0 Å². The Hall–Kier alpha value is -3.15. The van der Waals surface area contributed by atoms with Crippen LogP contribution in [0.5, 0.6) is 0 Å². The SMILES string of the molecule is O=C(CSc1nc2cc(C(=O)NC[C@H]3CCCO3)ccc2c(=O)n1C[C@H]1CCCO1)NCc1ccco1. The molecule has 2 amide bonds. The molecular formula is C26H30N4O6S. The number of benzene rings is 1. The summed E-state index contributed by atoms with van der Waals surface area (Å²) in [6, 6.07) is 8.45. The van der Waals surface area contributed by atoms with Gasteiger partial charge in [-0.15, -0.1) is 0 Å². The zero-order chi connectivity index (χ0) is 25.6. The molecule has 5 rings (SSSR count). The first-order valence-corrected chi connectivity index (χ1v) is 13.5. The van der Waals surface area contributed by atoms with Gasteiger partial charge >= 0.3 is 0 Å². The van der Waals surface area contributed by atoms with Crippen molar-refractivity contribution >= 4 is 34.5 Å². The number of nitrogens with one attached hydrogen (secondary N) is 2. The molecule has 0 spiro atoms. The van der Waals surface area contributed by atoms with Crippen LogP contribution in [0.4, 0.5) is 0 Å². The highest BCUT2D eigenvalue weighted by Gasteiger charge is 2.22. The number of carbonyl (C=O) groups is 2. The van der Waals surface area contributed by atoms with Gasteiger partial charge in [-0.2, -0.15) is 0 Å². The van der Waals surface area contributed by atoms with E-state index in [1.165, 1.54) is 11.8 Å². The summed E-state index contributed by atoms with van der Waals surface area (Å²) in [6.45, 7) is 2.48. The van der Waals surface area contributed by atoms with Gasteiger partial charge in [-0.1, -0.05) is 11.8 Å². The first kappa shape index (κ1) is 25.5. The van der Waals surface area contributed by atoms with Gasteiger partial charge in [-0.3, -0.25) is 19.0 Å². The van der Waals surface area contributed by atoms with Gasteiger partial charge < -0.3 is 24.5 Å². The Morgan fingerprint density at radius 2 is 1.89 bits per heavy atom. The Bertz CT molecular complexity index is 1300. The van der Waals surface area contributed by atoms with Crippen molar-refractivity contribution in [2.75, 3.05) is 25.5 Å². The molecule has 10 nitrogen and oxygen atoms in total. The molecule has 1 aromatic carbocycles. The van der Waals surface area contributed by atoms with Gasteiger partial charge in [0, 0.05) is 25.3 Å². The second-order valence-electron chi connectivity index (χ2n) is 9.17. The molecular weight excluding hydrogens is 496 g/mol. The summed E-state index contributed by atoms with van der Waals surface area (Å²) in [4.78, 5) is 43.4. The van der Waals surface area contributed by atoms with E-state index in [1.54, 1.807) is 41.2 Å². The normalized spacial score (nSPS) is 19.4. The van der Waals surface area contributed by atoms with E-state index in [0.29, 0.717) is 47.1 Å². The molecule has 2 saturated heterocycles. The molecule has 37 heavy (non-hydrogen) atoms. The third kappa shape index (κ3) is 6.41. The monoisotopic (exact) mass is 526 g/mol. The van der Waals surface area contributed by atoms with Gasteiger partial charge in [0.2, 0.25) is 5.91 Å². The highest BCUT2D eigenvalue weighted by atomic mass is 32.2. The van der Waals surface area contributed by atoms with Gasteiger partial charge in [0.1, 0.15) is 5.76 Å². The van der Waals surface area contributed by atoms with Crippen LogP contribution in [0.1, 0.15) is 41.8 Å². The molecule has 2 aliphatic rings. The van der Waals surface area contributed by atoms with Crippen LogP contribution in [-0.4, -0.2) is 59.1 Å². The molecule has 196 valence electrons. The lowest BCUT2D eigenvalue weighted by molar-refractivity contribution is -0.118. The van der Waals surface area contributed by atoms with Crippen LogP contribution >= 0.6 is 11.8 Å². The third-order valence-corrected chi connectivity index (χ3v) is 7.46. The number of amides is 2. The zero-order valence-electron chi connectivity index (χ0n) is 20.4. The van der Waals surface area contributed by atoms with Crippen LogP contribution in [0.2, 0.25) is 0 Å². The second-order valence-corrected chi connectivity index (χ2v) is 10.1. The van der Waals surface area contributed by atoms with Crippen molar-refractivity contribution in [1.82, 2.24) is 20.2 Å². The van der Waals surface area contributed by atoms with E-state index in [9.17, 15) is 14.4 Å². The van der Waals surface area contributed by atoms with Crippen molar-refractivity contribution in [3.05, 3.63) is 58.3 Å². The predicted molar refractivity (Wildman–Crippen MR) is 138 cm³/mol. The van der Waals surface area contributed by atoms with Crippen LogP contribution in [0.3, 0.4) is 0 Å². The second kappa shape index (κ2) is 11.9. The van der Waals surface area contributed by atoms with Crippen LogP contribution in [-0.2, 0) is 27.4 Å². The Morgan fingerprint density at radius 3 is 2.62 bits per heavy atom. The number of carbonyl (C=O) groups excluding carboxylic acids is 2. The van der Waals surface area contributed by atoms with E-state index in [4.69, 9.17) is 18.9 Å². The minimum Gasteiger partial charge on any atom is -0.467 e. The lowest BCUT2D eigenvalue weighted by Gasteiger charge is -2.17. The van der Waals surface area contributed by atoms with Crippen molar-refractivity contribution < 1.29 is 23.5 Å². The quantitative estimate of drug-likeness (QED) is 0.305. The van der Waals surface area contributed by atoms with Gasteiger partial charge in [-0.05, 0) is 56.0 Å². The predicted octanol–water partition coefficient (Wildman–Crippen LogP) is 2.49. The molecule has 11 heteroatoms. The van der Waals surface area contributed by atoms with Gasteiger partial charge in [0.05, 0.1) is 48.2 Å². The molecule has 0 aliphatic carbocycles. The maximum absolute atomic E-state index is 13.5. The lowest BCUT2D eigenvalue weighted by Crippen LogP contribution is -2.32. The Labute approximate surface area is 218 Å². The average Bonchev–Trinajstić information content (AvgIpc) is 3.70. The highest BCUT2D eigenvalue weighted by molar-refractivity contribution is 7.99. The van der Waals surface area contributed by atoms with Gasteiger partial charge in [-0.25, -0.2) is 4.98 Å². The largest absolute Gasteiger partial charge is 0.467 e. The summed E-state index contributed by atoms with van der Waals surface area (Å²) >= 11 is 1.18. The number of furan rings is 1. The van der Waals surface area contributed by atoms with Crippen LogP contribution in [0.25, 0.3) is 10.9 Å². The number of hydrogen-bond acceptors (Lipinski definition) is 8. The summed E-state index contributed by atoms with van der Waals surface area (Å²) in [7, 11) is 0. The van der Waals surface area contributed by atoms with Gasteiger partial charge in [0.15, 0.2) is 5.16 Å². The number of rotatable bonds is 10. The molecule has 2 N–H and O–H groups in total. The number of ether oxygens (including phenoxy) is 2. The van der Waals surface area contributed by atoms with Crippen molar-refractivity contribution in [2.24, 2.45) is 0 Å². The summed E-state index contributed by atoms with van der Waals surface area (Å²) in [5, 5.41) is 6.54. The fraction of sp³-hybridized carbons (Fsp3) is 0.462. The Morgan fingerprint density at radius 1 is 1.08 bits per heavy atom. The Kier molecular flexibility index (Phi) is 8.22. The van der Waals surface area contributed by atoms with Crippen LogP contribution < -0.4 is 16.2 Å². The summed E-state index contributed by atoms with van der Waals surface area (Å²) < 4.78 is 18.2.